The fourth-order valence-corrected chi connectivity index (χ4v) is 3.95. The summed E-state index contributed by atoms with van der Waals surface area (Å²) in [7, 11) is 0. The Balaban J connectivity index is 1.47. The summed E-state index contributed by atoms with van der Waals surface area (Å²) in [6, 6.07) is 12.2. The Morgan fingerprint density at radius 2 is 2.00 bits per heavy atom. The highest BCUT2D eigenvalue weighted by Gasteiger charge is 2.32. The van der Waals surface area contributed by atoms with Crippen LogP contribution in [0, 0.1) is 5.82 Å². The van der Waals surface area contributed by atoms with Crippen molar-refractivity contribution in [3.05, 3.63) is 58.9 Å². The lowest BCUT2D eigenvalue weighted by Gasteiger charge is -2.24. The predicted molar refractivity (Wildman–Crippen MR) is 112 cm³/mol. The monoisotopic (exact) mass is 415 g/mol. The number of nitrogens with one attached hydrogen (secondary N) is 1. The third kappa shape index (κ3) is 4.60. The second kappa shape index (κ2) is 8.51. The van der Waals surface area contributed by atoms with Gasteiger partial charge < -0.3 is 10.2 Å². The van der Waals surface area contributed by atoms with Crippen LogP contribution in [0.3, 0.4) is 0 Å². The molecular weight excluding hydrogens is 393 g/mol. The van der Waals surface area contributed by atoms with Gasteiger partial charge in [0.05, 0.1) is 17.9 Å². The van der Waals surface area contributed by atoms with Crippen molar-refractivity contribution in [2.24, 2.45) is 0 Å². The van der Waals surface area contributed by atoms with Gasteiger partial charge in [0.15, 0.2) is 0 Å². The average molecular weight is 416 g/mol. The molecule has 0 unspecified atom stereocenters. The second-order valence-corrected chi connectivity index (χ2v) is 7.96. The number of nitrogens with zero attached hydrogens (tertiary/aromatic N) is 2. The maximum atomic E-state index is 14.2. The second-order valence-electron chi connectivity index (χ2n) is 7.55. The van der Waals surface area contributed by atoms with Gasteiger partial charge in [0.25, 0.3) is 0 Å². The van der Waals surface area contributed by atoms with Crippen LogP contribution in [0.25, 0.3) is 0 Å². The molecule has 1 saturated heterocycles. The lowest BCUT2D eigenvalue weighted by Crippen LogP contribution is -2.35. The van der Waals surface area contributed by atoms with E-state index in [0.717, 1.165) is 24.9 Å². The summed E-state index contributed by atoms with van der Waals surface area (Å²) in [6.45, 7) is 1.08. The molecule has 4 rings (SSSR count). The summed E-state index contributed by atoms with van der Waals surface area (Å²) in [5, 5.41) is 3.30. The number of halogens is 2. The number of anilines is 2. The van der Waals surface area contributed by atoms with Crippen molar-refractivity contribution in [1.82, 2.24) is 4.90 Å². The van der Waals surface area contributed by atoms with Crippen molar-refractivity contribution in [2.45, 2.75) is 38.3 Å². The van der Waals surface area contributed by atoms with E-state index >= 15 is 0 Å². The molecule has 0 spiro atoms. The van der Waals surface area contributed by atoms with Crippen LogP contribution in [0.4, 0.5) is 15.8 Å². The van der Waals surface area contributed by atoms with E-state index in [4.69, 9.17) is 11.6 Å². The zero-order valence-electron chi connectivity index (χ0n) is 16.0. The van der Waals surface area contributed by atoms with Crippen LogP contribution < -0.4 is 10.2 Å². The molecule has 2 aliphatic rings. The lowest BCUT2D eigenvalue weighted by molar-refractivity contribution is -0.118. The quantitative estimate of drug-likeness (QED) is 0.737. The highest BCUT2D eigenvalue weighted by Crippen LogP contribution is 2.32. The third-order valence-corrected chi connectivity index (χ3v) is 5.73. The number of rotatable bonds is 7. The minimum absolute atomic E-state index is 0.0699. The standard InChI is InChI=1S/C22H23ClFN3O2/c23-17-5-3-6-18(24)16(17)13-26(15-10-11-15)14-21(28)25-19-7-1-2-8-20(19)27-12-4-9-22(27)29/h1-3,5-8,15H,4,9-14H2,(H,25,28). The molecule has 152 valence electrons. The maximum Gasteiger partial charge on any atom is 0.238 e. The minimum atomic E-state index is -0.360. The molecule has 0 bridgehead atoms. The SMILES string of the molecule is O=C(CN(Cc1c(F)cccc1Cl)C1CC1)Nc1ccccc1N1CCCC1=O. The molecule has 29 heavy (non-hydrogen) atoms. The number of para-hydroxylation sites is 2. The summed E-state index contributed by atoms with van der Waals surface area (Å²) in [5.74, 6) is -0.481. The van der Waals surface area contributed by atoms with Gasteiger partial charge in [0, 0.05) is 36.1 Å². The molecule has 1 saturated carbocycles. The first-order valence-electron chi connectivity index (χ1n) is 9.89. The van der Waals surface area contributed by atoms with E-state index in [1.807, 2.05) is 23.1 Å². The van der Waals surface area contributed by atoms with Crippen LogP contribution in [0.15, 0.2) is 42.5 Å². The van der Waals surface area contributed by atoms with Gasteiger partial charge in [0.2, 0.25) is 11.8 Å². The van der Waals surface area contributed by atoms with Crippen LogP contribution >= 0.6 is 11.6 Å². The van der Waals surface area contributed by atoms with Gasteiger partial charge >= 0.3 is 0 Å². The zero-order chi connectivity index (χ0) is 20.4. The molecule has 2 aromatic carbocycles. The van der Waals surface area contributed by atoms with Gasteiger partial charge in [-0.15, -0.1) is 0 Å². The molecule has 1 N–H and O–H groups in total. The Morgan fingerprint density at radius 3 is 2.69 bits per heavy atom. The molecule has 0 atom stereocenters. The maximum absolute atomic E-state index is 14.2. The van der Waals surface area contributed by atoms with Gasteiger partial charge in [-0.3, -0.25) is 14.5 Å². The Hall–Kier alpha value is -2.44. The van der Waals surface area contributed by atoms with Gasteiger partial charge in [-0.2, -0.15) is 0 Å². The molecule has 1 aliphatic carbocycles. The number of amides is 2. The Bertz CT molecular complexity index is 912. The molecule has 1 aliphatic heterocycles. The number of carbonyl (C=O) groups is 2. The van der Waals surface area contributed by atoms with E-state index in [0.29, 0.717) is 29.2 Å². The molecule has 0 aromatic heterocycles. The highest BCUT2D eigenvalue weighted by molar-refractivity contribution is 6.31. The van der Waals surface area contributed by atoms with Gasteiger partial charge in [0.1, 0.15) is 5.82 Å². The first-order valence-corrected chi connectivity index (χ1v) is 10.3. The minimum Gasteiger partial charge on any atom is -0.323 e. The Labute approximate surface area is 174 Å². The van der Waals surface area contributed by atoms with Crippen LogP contribution in [-0.2, 0) is 16.1 Å². The Morgan fingerprint density at radius 1 is 1.21 bits per heavy atom. The number of carbonyl (C=O) groups excluding carboxylic acids is 2. The van der Waals surface area contributed by atoms with E-state index in [1.165, 1.54) is 6.07 Å². The fourth-order valence-electron chi connectivity index (χ4n) is 3.73. The van der Waals surface area contributed by atoms with Crippen LogP contribution in [0.2, 0.25) is 5.02 Å². The van der Waals surface area contributed by atoms with E-state index in [9.17, 15) is 14.0 Å². The van der Waals surface area contributed by atoms with Gasteiger partial charge in [-0.05, 0) is 43.5 Å². The van der Waals surface area contributed by atoms with E-state index in [-0.39, 0.29) is 36.8 Å². The summed E-state index contributed by atoms with van der Waals surface area (Å²) >= 11 is 6.17. The third-order valence-electron chi connectivity index (χ3n) is 5.38. The van der Waals surface area contributed by atoms with Crippen molar-refractivity contribution < 1.29 is 14.0 Å². The summed E-state index contributed by atoms with van der Waals surface area (Å²) in [6.07, 6.45) is 3.32. The predicted octanol–water partition coefficient (Wildman–Crippen LogP) is 4.21. The van der Waals surface area contributed by atoms with Crippen molar-refractivity contribution >= 4 is 34.8 Å². The summed E-state index contributed by atoms with van der Waals surface area (Å²) < 4.78 is 14.2. The molecule has 5 nitrogen and oxygen atoms in total. The van der Waals surface area contributed by atoms with Gasteiger partial charge in [-0.25, -0.2) is 4.39 Å². The van der Waals surface area contributed by atoms with E-state index in [2.05, 4.69) is 5.32 Å². The molecule has 7 heteroatoms. The van der Waals surface area contributed by atoms with E-state index in [1.54, 1.807) is 23.1 Å². The molecule has 0 radical (unpaired) electrons. The number of hydrogen-bond acceptors (Lipinski definition) is 3. The fraction of sp³-hybridized carbons (Fsp3) is 0.364. The highest BCUT2D eigenvalue weighted by atomic mass is 35.5. The van der Waals surface area contributed by atoms with Crippen LogP contribution in [0.5, 0.6) is 0 Å². The van der Waals surface area contributed by atoms with Crippen molar-refractivity contribution in [1.29, 1.82) is 0 Å². The van der Waals surface area contributed by atoms with Crippen molar-refractivity contribution in [2.75, 3.05) is 23.3 Å². The van der Waals surface area contributed by atoms with Crippen LogP contribution in [0.1, 0.15) is 31.2 Å². The topological polar surface area (TPSA) is 52.7 Å². The molecule has 2 amide bonds. The summed E-state index contributed by atoms with van der Waals surface area (Å²) in [4.78, 5) is 28.6. The number of benzene rings is 2. The Kier molecular flexibility index (Phi) is 5.83. The molecular formula is C22H23ClFN3O2. The summed E-state index contributed by atoms with van der Waals surface area (Å²) in [5.41, 5.74) is 1.75. The first-order chi connectivity index (χ1) is 14.0. The molecule has 1 heterocycles. The molecule has 2 fully saturated rings. The van der Waals surface area contributed by atoms with Crippen molar-refractivity contribution in [3.63, 3.8) is 0 Å². The first kappa shape index (κ1) is 19.9. The van der Waals surface area contributed by atoms with E-state index < -0.39 is 0 Å². The number of hydrogen-bond donors (Lipinski definition) is 1. The zero-order valence-corrected chi connectivity index (χ0v) is 16.8. The normalized spacial score (nSPS) is 16.5. The average Bonchev–Trinajstić information content (AvgIpc) is 3.45. The van der Waals surface area contributed by atoms with Crippen molar-refractivity contribution in [3.8, 4) is 0 Å². The van der Waals surface area contributed by atoms with Crippen LogP contribution in [-0.4, -0.2) is 35.8 Å². The smallest absolute Gasteiger partial charge is 0.238 e. The van der Waals surface area contributed by atoms with Gasteiger partial charge in [-0.1, -0.05) is 29.8 Å². The lowest BCUT2D eigenvalue weighted by atomic mass is 10.2. The molecule has 2 aromatic rings. The largest absolute Gasteiger partial charge is 0.323 e.